The molecule has 0 saturated carbocycles. The smallest absolute Gasteiger partial charge is 0.132 e. The first-order valence-corrected chi connectivity index (χ1v) is 6.29. The van der Waals surface area contributed by atoms with E-state index in [1.807, 2.05) is 13.0 Å². The number of nitrogens with two attached hydrogens (primary N) is 1. The fourth-order valence-electron chi connectivity index (χ4n) is 2.18. The number of aromatic nitrogens is 1. The number of rotatable bonds is 4. The highest BCUT2D eigenvalue weighted by atomic mass is 19.1. The molecule has 5 heteroatoms. The predicted octanol–water partition coefficient (Wildman–Crippen LogP) is 2.43. The van der Waals surface area contributed by atoms with E-state index in [0.29, 0.717) is 17.1 Å². The first-order valence-electron chi connectivity index (χ1n) is 6.29. The van der Waals surface area contributed by atoms with Gasteiger partial charge < -0.3 is 15.8 Å². The lowest BCUT2D eigenvalue weighted by atomic mass is 9.97. The summed E-state index contributed by atoms with van der Waals surface area (Å²) in [6.07, 6.45) is 1.69. The summed E-state index contributed by atoms with van der Waals surface area (Å²) in [5.74, 6) is 0.534. The van der Waals surface area contributed by atoms with Crippen LogP contribution in [-0.4, -0.2) is 19.1 Å². The second-order valence-corrected chi connectivity index (χ2v) is 4.60. The molecule has 2 aromatic rings. The highest BCUT2D eigenvalue weighted by molar-refractivity contribution is 5.48. The molecule has 1 atom stereocenters. The minimum atomic E-state index is -0.353. The molecule has 20 heavy (non-hydrogen) atoms. The van der Waals surface area contributed by atoms with E-state index in [0.717, 1.165) is 11.1 Å². The van der Waals surface area contributed by atoms with Crippen LogP contribution in [-0.2, 0) is 0 Å². The fraction of sp³-hybridized carbons (Fsp3) is 0.267. The van der Waals surface area contributed by atoms with Crippen molar-refractivity contribution in [3.8, 4) is 5.75 Å². The quantitative estimate of drug-likeness (QED) is 0.899. The fourth-order valence-corrected chi connectivity index (χ4v) is 2.18. The van der Waals surface area contributed by atoms with Crippen LogP contribution in [0.25, 0.3) is 0 Å². The molecule has 0 fully saturated rings. The van der Waals surface area contributed by atoms with Gasteiger partial charge in [0.25, 0.3) is 0 Å². The van der Waals surface area contributed by atoms with Crippen molar-refractivity contribution in [3.63, 3.8) is 0 Å². The van der Waals surface area contributed by atoms with Crippen molar-refractivity contribution in [2.45, 2.75) is 13.0 Å². The number of ether oxygens (including phenoxy) is 1. The number of nitrogens with one attached hydrogen (secondary N) is 1. The molecule has 106 valence electrons. The summed E-state index contributed by atoms with van der Waals surface area (Å²) in [5, 5.41) is 3.08. The predicted molar refractivity (Wildman–Crippen MR) is 77.2 cm³/mol. The summed E-state index contributed by atoms with van der Waals surface area (Å²) >= 11 is 0. The molecular weight excluding hydrogens is 257 g/mol. The van der Waals surface area contributed by atoms with Crippen molar-refractivity contribution in [3.05, 3.63) is 53.0 Å². The molecule has 0 aliphatic rings. The van der Waals surface area contributed by atoms with Crippen LogP contribution in [0.5, 0.6) is 5.75 Å². The zero-order valence-corrected chi connectivity index (χ0v) is 11.8. The van der Waals surface area contributed by atoms with Crippen LogP contribution in [0.4, 0.5) is 10.2 Å². The summed E-state index contributed by atoms with van der Waals surface area (Å²) < 4.78 is 19.2. The van der Waals surface area contributed by atoms with Crippen LogP contribution in [0.1, 0.15) is 22.7 Å². The first kappa shape index (κ1) is 14.3. The largest absolute Gasteiger partial charge is 0.497 e. The molecule has 0 amide bonds. The van der Waals surface area contributed by atoms with Crippen LogP contribution < -0.4 is 15.8 Å². The molecule has 0 spiro atoms. The summed E-state index contributed by atoms with van der Waals surface area (Å²) in [4.78, 5) is 4.13. The van der Waals surface area contributed by atoms with Crippen LogP contribution >= 0.6 is 0 Å². The molecule has 1 aromatic carbocycles. The van der Waals surface area contributed by atoms with Gasteiger partial charge in [0.15, 0.2) is 0 Å². The zero-order chi connectivity index (χ0) is 14.7. The molecule has 4 nitrogen and oxygen atoms in total. The summed E-state index contributed by atoms with van der Waals surface area (Å²) in [6, 6.07) is 6.33. The Morgan fingerprint density at radius 2 is 2.05 bits per heavy atom. The van der Waals surface area contributed by atoms with Gasteiger partial charge in [-0.05, 0) is 31.7 Å². The number of pyridine rings is 1. The van der Waals surface area contributed by atoms with E-state index in [1.54, 1.807) is 25.4 Å². The number of nitrogens with zero attached hydrogens (tertiary/aromatic N) is 1. The summed E-state index contributed by atoms with van der Waals surface area (Å²) in [5.41, 5.74) is 8.15. The normalized spacial score (nSPS) is 12.2. The van der Waals surface area contributed by atoms with Gasteiger partial charge >= 0.3 is 0 Å². The van der Waals surface area contributed by atoms with Crippen molar-refractivity contribution in [1.82, 2.24) is 10.3 Å². The molecule has 0 radical (unpaired) electrons. The summed E-state index contributed by atoms with van der Waals surface area (Å²) in [6.45, 7) is 1.92. The Bertz CT molecular complexity index is 616. The molecule has 0 bridgehead atoms. The van der Waals surface area contributed by atoms with Gasteiger partial charge in [0.2, 0.25) is 0 Å². The van der Waals surface area contributed by atoms with Gasteiger partial charge in [-0.2, -0.15) is 0 Å². The third-order valence-corrected chi connectivity index (χ3v) is 3.20. The standard InChI is InChI=1S/C15H18FN3O/c1-9-6-12(15(17)19-8-9)14(18-2)11-5-4-10(20-3)7-13(11)16/h4-8,14,18H,1-3H3,(H2,17,19). The van der Waals surface area contributed by atoms with E-state index >= 15 is 0 Å². The van der Waals surface area contributed by atoms with Gasteiger partial charge in [-0.3, -0.25) is 0 Å². The van der Waals surface area contributed by atoms with Gasteiger partial charge in [0.05, 0.1) is 13.2 Å². The van der Waals surface area contributed by atoms with Crippen LogP contribution in [0, 0.1) is 12.7 Å². The van der Waals surface area contributed by atoms with Crippen LogP contribution in [0.2, 0.25) is 0 Å². The highest BCUT2D eigenvalue weighted by Crippen LogP contribution is 2.29. The topological polar surface area (TPSA) is 60.2 Å². The zero-order valence-electron chi connectivity index (χ0n) is 11.8. The van der Waals surface area contributed by atoms with E-state index in [4.69, 9.17) is 10.5 Å². The molecule has 3 N–H and O–H groups in total. The molecule has 1 heterocycles. The Labute approximate surface area is 117 Å². The molecule has 1 aromatic heterocycles. The number of anilines is 1. The van der Waals surface area contributed by atoms with Gasteiger partial charge in [-0.25, -0.2) is 9.37 Å². The maximum atomic E-state index is 14.2. The van der Waals surface area contributed by atoms with E-state index in [-0.39, 0.29) is 11.9 Å². The Balaban J connectivity index is 2.49. The maximum absolute atomic E-state index is 14.2. The van der Waals surface area contributed by atoms with Crippen LogP contribution in [0.3, 0.4) is 0 Å². The minimum Gasteiger partial charge on any atom is -0.497 e. The number of hydrogen-bond donors (Lipinski definition) is 2. The van der Waals surface area contributed by atoms with E-state index in [2.05, 4.69) is 10.3 Å². The van der Waals surface area contributed by atoms with Crippen molar-refractivity contribution in [2.24, 2.45) is 0 Å². The van der Waals surface area contributed by atoms with Gasteiger partial charge in [-0.15, -0.1) is 0 Å². The first-order chi connectivity index (χ1) is 9.56. The number of methoxy groups -OCH3 is 1. The number of hydrogen-bond acceptors (Lipinski definition) is 4. The van der Waals surface area contributed by atoms with Crippen molar-refractivity contribution in [1.29, 1.82) is 0 Å². The molecule has 0 aliphatic heterocycles. The average Bonchev–Trinajstić information content (AvgIpc) is 2.44. The van der Waals surface area contributed by atoms with Crippen LogP contribution in [0.15, 0.2) is 30.5 Å². The highest BCUT2D eigenvalue weighted by Gasteiger charge is 2.19. The lowest BCUT2D eigenvalue weighted by Gasteiger charge is -2.20. The maximum Gasteiger partial charge on any atom is 0.132 e. The molecular formula is C15H18FN3O. The molecule has 2 rings (SSSR count). The van der Waals surface area contributed by atoms with E-state index in [9.17, 15) is 4.39 Å². The Morgan fingerprint density at radius 1 is 1.30 bits per heavy atom. The van der Waals surface area contributed by atoms with E-state index < -0.39 is 0 Å². The molecule has 0 aliphatic carbocycles. The minimum absolute atomic E-state index is 0.343. The second-order valence-electron chi connectivity index (χ2n) is 4.60. The Hall–Kier alpha value is -2.14. The third kappa shape index (κ3) is 2.72. The Morgan fingerprint density at radius 3 is 2.65 bits per heavy atom. The average molecular weight is 275 g/mol. The molecule has 0 saturated heterocycles. The number of benzene rings is 1. The second kappa shape index (κ2) is 5.88. The number of aryl methyl sites for hydroxylation is 1. The number of nitrogen functional groups attached to an aromatic ring is 1. The van der Waals surface area contributed by atoms with Crippen molar-refractivity contribution in [2.75, 3.05) is 19.9 Å². The third-order valence-electron chi connectivity index (χ3n) is 3.20. The van der Waals surface area contributed by atoms with Gasteiger partial charge in [0.1, 0.15) is 17.4 Å². The van der Waals surface area contributed by atoms with E-state index in [1.165, 1.54) is 13.2 Å². The monoisotopic (exact) mass is 275 g/mol. The van der Waals surface area contributed by atoms with Gasteiger partial charge in [-0.1, -0.05) is 6.07 Å². The molecule has 1 unspecified atom stereocenters. The van der Waals surface area contributed by atoms with Gasteiger partial charge in [0, 0.05) is 23.4 Å². The lowest BCUT2D eigenvalue weighted by Crippen LogP contribution is -2.21. The lowest BCUT2D eigenvalue weighted by molar-refractivity contribution is 0.410. The van der Waals surface area contributed by atoms with Crippen molar-refractivity contribution >= 4 is 5.82 Å². The summed E-state index contributed by atoms with van der Waals surface area (Å²) in [7, 11) is 3.27. The number of halogens is 1. The Kier molecular flexibility index (Phi) is 4.20. The van der Waals surface area contributed by atoms with Crippen molar-refractivity contribution < 1.29 is 9.13 Å². The SMILES string of the molecule is CNC(c1ccc(OC)cc1F)c1cc(C)cnc1N.